The van der Waals surface area contributed by atoms with Gasteiger partial charge in [0.25, 0.3) is 5.91 Å². The third kappa shape index (κ3) is 3.95. The largest absolute Gasteiger partial charge is 0.352 e. The van der Waals surface area contributed by atoms with Gasteiger partial charge in [-0.3, -0.25) is 9.59 Å². The van der Waals surface area contributed by atoms with E-state index in [1.165, 1.54) is 0 Å². The molecule has 8 heteroatoms. The number of rotatable bonds is 4. The average Bonchev–Trinajstić information content (AvgIpc) is 3.41. The van der Waals surface area contributed by atoms with Crippen LogP contribution in [-0.2, 0) is 4.79 Å². The first-order valence-corrected chi connectivity index (χ1v) is 9.74. The lowest BCUT2D eigenvalue weighted by atomic mass is 10.2. The van der Waals surface area contributed by atoms with Crippen molar-refractivity contribution in [3.8, 4) is 0 Å². The van der Waals surface area contributed by atoms with Gasteiger partial charge < -0.3 is 25.4 Å². The van der Waals surface area contributed by atoms with Crippen LogP contribution in [0.4, 0.5) is 4.79 Å². The maximum atomic E-state index is 12.7. The highest BCUT2D eigenvalue weighted by atomic mass is 16.2. The average molecular weight is 383 g/mol. The van der Waals surface area contributed by atoms with Crippen molar-refractivity contribution in [3.05, 3.63) is 36.0 Å². The number of hydrogen-bond acceptors (Lipinski definition) is 3. The highest BCUT2D eigenvalue weighted by Crippen LogP contribution is 2.19. The van der Waals surface area contributed by atoms with E-state index < -0.39 is 6.04 Å². The van der Waals surface area contributed by atoms with Crippen molar-refractivity contribution in [1.29, 1.82) is 0 Å². The van der Waals surface area contributed by atoms with Gasteiger partial charge in [-0.25, -0.2) is 4.79 Å². The van der Waals surface area contributed by atoms with E-state index >= 15 is 0 Å². The fourth-order valence-electron chi connectivity index (χ4n) is 3.37. The Balaban J connectivity index is 1.29. The Morgan fingerprint density at radius 1 is 1.07 bits per heavy atom. The number of benzene rings is 1. The molecular weight excluding hydrogens is 358 g/mol. The summed E-state index contributed by atoms with van der Waals surface area (Å²) in [6, 6.07) is 9.06. The predicted octanol–water partition coefficient (Wildman–Crippen LogP) is 1.30. The van der Waals surface area contributed by atoms with Gasteiger partial charge in [0.15, 0.2) is 0 Å². The lowest BCUT2D eigenvalue weighted by molar-refractivity contribution is -0.122. The number of carbonyl (C=O) groups is 3. The first kappa shape index (κ1) is 18.3. The van der Waals surface area contributed by atoms with Gasteiger partial charge in [0.05, 0.1) is 0 Å². The fraction of sp³-hybridized carbons (Fsp3) is 0.450. The number of piperazine rings is 1. The quantitative estimate of drug-likeness (QED) is 0.742. The summed E-state index contributed by atoms with van der Waals surface area (Å²) >= 11 is 0. The van der Waals surface area contributed by atoms with Gasteiger partial charge in [0.1, 0.15) is 11.7 Å². The minimum Gasteiger partial charge on any atom is -0.352 e. The first-order valence-electron chi connectivity index (χ1n) is 9.74. The number of nitrogens with zero attached hydrogens (tertiary/aromatic N) is 2. The third-order valence-corrected chi connectivity index (χ3v) is 5.27. The molecule has 1 aromatic heterocycles. The van der Waals surface area contributed by atoms with Gasteiger partial charge in [-0.15, -0.1) is 0 Å². The number of para-hydroxylation sites is 1. The van der Waals surface area contributed by atoms with Crippen molar-refractivity contribution < 1.29 is 14.4 Å². The maximum Gasteiger partial charge on any atom is 0.318 e. The molecule has 1 aliphatic heterocycles. The Morgan fingerprint density at radius 2 is 1.75 bits per heavy atom. The summed E-state index contributed by atoms with van der Waals surface area (Å²) in [5.41, 5.74) is 1.49. The third-order valence-electron chi connectivity index (χ3n) is 5.27. The predicted molar refractivity (Wildman–Crippen MR) is 105 cm³/mol. The Kier molecular flexibility index (Phi) is 4.93. The number of aromatic amines is 1. The van der Waals surface area contributed by atoms with Gasteiger partial charge in [-0.2, -0.15) is 0 Å². The van der Waals surface area contributed by atoms with E-state index in [-0.39, 0.29) is 23.9 Å². The summed E-state index contributed by atoms with van der Waals surface area (Å²) in [7, 11) is 0. The van der Waals surface area contributed by atoms with E-state index in [4.69, 9.17) is 0 Å². The van der Waals surface area contributed by atoms with Crippen LogP contribution in [0.3, 0.4) is 0 Å². The van der Waals surface area contributed by atoms with E-state index in [1.54, 1.807) is 16.7 Å². The van der Waals surface area contributed by atoms with E-state index in [0.717, 1.165) is 23.7 Å². The molecule has 1 unspecified atom stereocenters. The molecule has 4 amide bonds. The summed E-state index contributed by atoms with van der Waals surface area (Å²) in [5.74, 6) is -0.211. The van der Waals surface area contributed by atoms with Gasteiger partial charge in [0, 0.05) is 43.1 Å². The lowest BCUT2D eigenvalue weighted by Gasteiger charge is -2.35. The Bertz CT molecular complexity index is 863. The zero-order valence-electron chi connectivity index (χ0n) is 15.9. The van der Waals surface area contributed by atoms with Gasteiger partial charge >= 0.3 is 6.03 Å². The molecule has 1 aliphatic carbocycles. The molecule has 0 radical (unpaired) electrons. The Morgan fingerprint density at radius 3 is 2.43 bits per heavy atom. The monoisotopic (exact) mass is 383 g/mol. The minimum absolute atomic E-state index is 0.0616. The maximum absolute atomic E-state index is 12.7. The SMILES string of the molecule is CC(NC(=O)N1CCN(C(=O)c2cc3ccccc3[nH]2)CC1)C(=O)NC1CC1. The highest BCUT2D eigenvalue weighted by Gasteiger charge is 2.29. The van der Waals surface area contributed by atoms with Gasteiger partial charge in [0.2, 0.25) is 5.91 Å². The molecule has 1 saturated carbocycles. The first-order chi connectivity index (χ1) is 13.5. The van der Waals surface area contributed by atoms with Crippen molar-refractivity contribution in [2.24, 2.45) is 0 Å². The number of H-pyrrole nitrogens is 1. The van der Waals surface area contributed by atoms with Crippen LogP contribution in [0, 0.1) is 0 Å². The molecule has 1 saturated heterocycles. The molecule has 0 spiro atoms. The molecule has 0 bridgehead atoms. The molecule has 4 rings (SSSR count). The number of hydrogen-bond donors (Lipinski definition) is 3. The van der Waals surface area contributed by atoms with Crippen molar-refractivity contribution in [2.45, 2.75) is 31.8 Å². The molecule has 148 valence electrons. The summed E-state index contributed by atoms with van der Waals surface area (Å²) in [6.07, 6.45) is 2.03. The summed E-state index contributed by atoms with van der Waals surface area (Å²) in [4.78, 5) is 43.7. The smallest absolute Gasteiger partial charge is 0.318 e. The lowest BCUT2D eigenvalue weighted by Crippen LogP contribution is -2.56. The number of fused-ring (bicyclic) bond motifs is 1. The van der Waals surface area contributed by atoms with Crippen LogP contribution in [0.15, 0.2) is 30.3 Å². The van der Waals surface area contributed by atoms with Crippen LogP contribution < -0.4 is 10.6 Å². The van der Waals surface area contributed by atoms with E-state index in [2.05, 4.69) is 15.6 Å². The van der Waals surface area contributed by atoms with Crippen LogP contribution in [0.2, 0.25) is 0 Å². The zero-order chi connectivity index (χ0) is 19.7. The van der Waals surface area contributed by atoms with Gasteiger partial charge in [-0.1, -0.05) is 18.2 Å². The molecule has 3 N–H and O–H groups in total. The summed E-state index contributed by atoms with van der Waals surface area (Å²) in [5, 5.41) is 6.63. The van der Waals surface area contributed by atoms with E-state index in [0.29, 0.717) is 31.9 Å². The highest BCUT2D eigenvalue weighted by molar-refractivity contribution is 5.98. The van der Waals surface area contributed by atoms with E-state index in [9.17, 15) is 14.4 Å². The molecule has 1 atom stereocenters. The van der Waals surface area contributed by atoms with Crippen molar-refractivity contribution in [1.82, 2.24) is 25.4 Å². The summed E-state index contributed by atoms with van der Waals surface area (Å²) < 4.78 is 0. The molecule has 1 aromatic carbocycles. The number of carbonyl (C=O) groups excluding carboxylic acids is 3. The molecule has 2 aliphatic rings. The second kappa shape index (κ2) is 7.53. The standard InChI is InChI=1S/C20H25N5O3/c1-13(18(26)22-15-6-7-15)21-20(28)25-10-8-24(9-11-25)19(27)17-12-14-4-2-3-5-16(14)23-17/h2-5,12-13,15,23H,6-11H2,1H3,(H,21,28)(H,22,26). The normalized spacial score (nSPS) is 18.0. The summed E-state index contributed by atoms with van der Waals surface area (Å²) in [6.45, 7) is 3.49. The van der Waals surface area contributed by atoms with Crippen LogP contribution in [0.5, 0.6) is 0 Å². The van der Waals surface area contributed by atoms with Crippen molar-refractivity contribution in [3.63, 3.8) is 0 Å². The Labute approximate surface area is 163 Å². The second-order valence-corrected chi connectivity index (χ2v) is 7.50. The van der Waals surface area contributed by atoms with Crippen molar-refractivity contribution >= 4 is 28.7 Å². The molecule has 2 fully saturated rings. The molecule has 28 heavy (non-hydrogen) atoms. The number of aromatic nitrogens is 1. The number of urea groups is 1. The fourth-order valence-corrected chi connectivity index (χ4v) is 3.37. The molecular formula is C20H25N5O3. The minimum atomic E-state index is -0.570. The van der Waals surface area contributed by atoms with Crippen LogP contribution >= 0.6 is 0 Å². The van der Waals surface area contributed by atoms with Crippen molar-refractivity contribution in [2.75, 3.05) is 26.2 Å². The molecule has 2 aromatic rings. The van der Waals surface area contributed by atoms with Crippen LogP contribution in [-0.4, -0.2) is 70.9 Å². The Hall–Kier alpha value is -3.03. The molecule has 2 heterocycles. The van der Waals surface area contributed by atoms with Crippen LogP contribution in [0.25, 0.3) is 10.9 Å². The topological polar surface area (TPSA) is 97.5 Å². The number of amides is 4. The van der Waals surface area contributed by atoms with Gasteiger partial charge in [-0.05, 0) is 31.9 Å². The zero-order valence-corrected chi connectivity index (χ0v) is 15.9. The number of nitrogens with one attached hydrogen (secondary N) is 3. The molecule has 8 nitrogen and oxygen atoms in total. The second-order valence-electron chi connectivity index (χ2n) is 7.50. The van der Waals surface area contributed by atoms with Crippen LogP contribution in [0.1, 0.15) is 30.3 Å². The van der Waals surface area contributed by atoms with E-state index in [1.807, 2.05) is 30.3 Å².